The van der Waals surface area contributed by atoms with E-state index in [0.29, 0.717) is 11.6 Å². The molecule has 0 radical (unpaired) electrons. The third-order valence-corrected chi connectivity index (χ3v) is 4.30. The highest BCUT2D eigenvalue weighted by Crippen LogP contribution is 2.38. The van der Waals surface area contributed by atoms with Gasteiger partial charge in [-0.1, -0.05) is 19.8 Å². The molecule has 0 amide bonds. The van der Waals surface area contributed by atoms with Crippen LogP contribution in [0.2, 0.25) is 0 Å². The van der Waals surface area contributed by atoms with Crippen molar-refractivity contribution < 1.29 is 4.74 Å². The Morgan fingerprint density at radius 3 is 2.86 bits per heavy atom. The van der Waals surface area contributed by atoms with Gasteiger partial charge in [0, 0.05) is 25.5 Å². The molecule has 2 atom stereocenters. The third-order valence-electron chi connectivity index (χ3n) is 4.30. The molecule has 0 N–H and O–H groups in total. The number of nitriles is 1. The second-order valence-electron chi connectivity index (χ2n) is 6.02. The zero-order valence-corrected chi connectivity index (χ0v) is 12.5. The summed E-state index contributed by atoms with van der Waals surface area (Å²) in [6.07, 6.45) is 9.76. The van der Waals surface area contributed by atoms with E-state index >= 15 is 0 Å². The maximum absolute atomic E-state index is 9.23. The summed E-state index contributed by atoms with van der Waals surface area (Å²) in [6.45, 7) is 3.85. The first-order chi connectivity index (χ1) is 10.3. The van der Waals surface area contributed by atoms with Gasteiger partial charge in [0.1, 0.15) is 6.07 Å². The van der Waals surface area contributed by atoms with Crippen LogP contribution in [0, 0.1) is 17.2 Å². The molecule has 0 spiro atoms. The number of morpholine rings is 1. The van der Waals surface area contributed by atoms with Crippen LogP contribution in [0.25, 0.3) is 0 Å². The zero-order valence-electron chi connectivity index (χ0n) is 12.5. The summed E-state index contributed by atoms with van der Waals surface area (Å²) in [5, 5.41) is 9.23. The molecule has 5 nitrogen and oxygen atoms in total. The number of aromatic nitrogens is 2. The fraction of sp³-hybridized carbons (Fsp3) is 0.688. The van der Waals surface area contributed by atoms with Gasteiger partial charge in [-0.3, -0.25) is 0 Å². The second-order valence-corrected chi connectivity index (χ2v) is 6.02. The van der Waals surface area contributed by atoms with Gasteiger partial charge in [0.15, 0.2) is 11.5 Å². The number of hydrogen-bond acceptors (Lipinski definition) is 5. The van der Waals surface area contributed by atoms with E-state index in [-0.39, 0.29) is 12.2 Å². The summed E-state index contributed by atoms with van der Waals surface area (Å²) < 4.78 is 6.26. The van der Waals surface area contributed by atoms with Crippen molar-refractivity contribution in [1.29, 1.82) is 5.26 Å². The molecular formula is C16H22N4O. The van der Waals surface area contributed by atoms with Gasteiger partial charge in [-0.25, -0.2) is 9.97 Å². The molecule has 21 heavy (non-hydrogen) atoms. The van der Waals surface area contributed by atoms with Crippen LogP contribution in [-0.4, -0.2) is 35.3 Å². The van der Waals surface area contributed by atoms with Crippen LogP contribution in [0.15, 0.2) is 12.4 Å². The summed E-state index contributed by atoms with van der Waals surface area (Å²) in [7, 11) is 0. The van der Waals surface area contributed by atoms with Crippen LogP contribution in [0.3, 0.4) is 0 Å². The van der Waals surface area contributed by atoms with Crippen molar-refractivity contribution in [3.63, 3.8) is 0 Å². The largest absolute Gasteiger partial charge is 0.371 e. The molecule has 112 valence electrons. The summed E-state index contributed by atoms with van der Waals surface area (Å²) in [6, 6.07) is 2.15. The van der Waals surface area contributed by atoms with E-state index < -0.39 is 0 Å². The SMILES string of the molecule is CCCC[C@@H]1CN(c2nccnc2C#N)C[C@H](C2CC2)O1. The average Bonchev–Trinajstić information content (AvgIpc) is 3.37. The molecule has 1 saturated heterocycles. The maximum Gasteiger partial charge on any atom is 0.183 e. The van der Waals surface area contributed by atoms with Crippen molar-refractivity contribution in [3.8, 4) is 6.07 Å². The number of nitrogens with zero attached hydrogens (tertiary/aromatic N) is 4. The van der Waals surface area contributed by atoms with Gasteiger partial charge in [0.05, 0.1) is 12.2 Å². The molecule has 2 fully saturated rings. The van der Waals surface area contributed by atoms with Crippen LogP contribution in [0.5, 0.6) is 0 Å². The fourth-order valence-corrected chi connectivity index (χ4v) is 3.00. The summed E-state index contributed by atoms with van der Waals surface area (Å²) in [4.78, 5) is 10.7. The van der Waals surface area contributed by atoms with Gasteiger partial charge in [-0.15, -0.1) is 0 Å². The Kier molecular flexibility index (Phi) is 4.35. The molecule has 0 bridgehead atoms. The first-order valence-electron chi connectivity index (χ1n) is 7.93. The quantitative estimate of drug-likeness (QED) is 0.832. The zero-order chi connectivity index (χ0) is 14.7. The average molecular weight is 286 g/mol. The number of hydrogen-bond donors (Lipinski definition) is 0. The molecule has 1 aliphatic carbocycles. The summed E-state index contributed by atoms with van der Waals surface area (Å²) >= 11 is 0. The summed E-state index contributed by atoms with van der Waals surface area (Å²) in [5.74, 6) is 1.41. The Morgan fingerprint density at radius 2 is 2.14 bits per heavy atom. The van der Waals surface area contributed by atoms with Crippen molar-refractivity contribution in [2.45, 2.75) is 51.2 Å². The first-order valence-corrected chi connectivity index (χ1v) is 7.93. The molecule has 5 heteroatoms. The van der Waals surface area contributed by atoms with Gasteiger partial charge in [0.25, 0.3) is 0 Å². The maximum atomic E-state index is 9.23. The molecule has 1 aliphatic heterocycles. The van der Waals surface area contributed by atoms with Gasteiger partial charge < -0.3 is 9.64 Å². The van der Waals surface area contributed by atoms with E-state index in [9.17, 15) is 5.26 Å². The topological polar surface area (TPSA) is 62.0 Å². The van der Waals surface area contributed by atoms with Crippen molar-refractivity contribution in [2.75, 3.05) is 18.0 Å². The predicted octanol–water partition coefficient (Wildman–Crippen LogP) is 2.52. The molecule has 1 aromatic rings. The van der Waals surface area contributed by atoms with E-state index in [2.05, 4.69) is 27.9 Å². The van der Waals surface area contributed by atoms with E-state index in [4.69, 9.17) is 4.74 Å². The van der Waals surface area contributed by atoms with Crippen LogP contribution >= 0.6 is 0 Å². The molecule has 2 aliphatic rings. The van der Waals surface area contributed by atoms with Crippen LogP contribution < -0.4 is 4.90 Å². The number of rotatable bonds is 5. The first kappa shape index (κ1) is 14.3. The molecule has 0 aromatic carbocycles. The minimum Gasteiger partial charge on any atom is -0.371 e. The normalized spacial score (nSPS) is 25.6. The van der Waals surface area contributed by atoms with E-state index in [1.165, 1.54) is 25.7 Å². The smallest absolute Gasteiger partial charge is 0.183 e. The van der Waals surface area contributed by atoms with Crippen LogP contribution in [0.1, 0.15) is 44.7 Å². The Morgan fingerprint density at radius 1 is 1.33 bits per heavy atom. The number of ether oxygens (including phenoxy) is 1. The van der Waals surface area contributed by atoms with Gasteiger partial charge >= 0.3 is 0 Å². The lowest BCUT2D eigenvalue weighted by molar-refractivity contribution is -0.0412. The Balaban J connectivity index is 1.77. The fourth-order valence-electron chi connectivity index (χ4n) is 3.00. The standard InChI is InChI=1S/C16H22N4O/c1-2-3-4-13-10-20(11-15(21-13)12-5-6-12)16-14(9-17)18-7-8-19-16/h7-8,12-13,15H,2-6,10-11H2,1H3/t13-,15-/m1/s1. The van der Waals surface area contributed by atoms with Gasteiger partial charge in [-0.2, -0.15) is 5.26 Å². The minimum atomic E-state index is 0.248. The van der Waals surface area contributed by atoms with E-state index in [1.807, 2.05) is 0 Å². The summed E-state index contributed by atoms with van der Waals surface area (Å²) in [5.41, 5.74) is 0.420. The Bertz CT molecular complexity index is 523. The second kappa shape index (κ2) is 6.40. The van der Waals surface area contributed by atoms with Crippen molar-refractivity contribution >= 4 is 5.82 Å². The predicted molar refractivity (Wildman–Crippen MR) is 79.9 cm³/mol. The highest BCUT2D eigenvalue weighted by atomic mass is 16.5. The third kappa shape index (κ3) is 3.33. The lowest BCUT2D eigenvalue weighted by Gasteiger charge is -2.39. The monoisotopic (exact) mass is 286 g/mol. The van der Waals surface area contributed by atoms with Gasteiger partial charge in [-0.05, 0) is 25.2 Å². The van der Waals surface area contributed by atoms with Crippen molar-refractivity contribution in [3.05, 3.63) is 18.1 Å². The number of unbranched alkanes of at least 4 members (excludes halogenated alkanes) is 1. The minimum absolute atomic E-state index is 0.248. The molecule has 2 heterocycles. The van der Waals surface area contributed by atoms with Crippen molar-refractivity contribution in [1.82, 2.24) is 9.97 Å². The van der Waals surface area contributed by atoms with Gasteiger partial charge in [0.2, 0.25) is 0 Å². The molecule has 1 aromatic heterocycles. The van der Waals surface area contributed by atoms with Crippen molar-refractivity contribution in [2.24, 2.45) is 5.92 Å². The highest BCUT2D eigenvalue weighted by Gasteiger charge is 2.39. The molecule has 3 rings (SSSR count). The molecule has 1 saturated carbocycles. The van der Waals surface area contributed by atoms with E-state index in [0.717, 1.165) is 25.3 Å². The molecular weight excluding hydrogens is 264 g/mol. The highest BCUT2D eigenvalue weighted by molar-refractivity contribution is 5.50. The Labute approximate surface area is 126 Å². The van der Waals surface area contributed by atoms with Crippen LogP contribution in [0.4, 0.5) is 5.82 Å². The lowest BCUT2D eigenvalue weighted by atomic mass is 10.1. The lowest BCUT2D eigenvalue weighted by Crippen LogP contribution is -2.49. The van der Waals surface area contributed by atoms with E-state index in [1.54, 1.807) is 12.4 Å². The Hall–Kier alpha value is -1.67. The molecule has 0 unspecified atom stereocenters. The number of anilines is 1. The van der Waals surface area contributed by atoms with Crippen LogP contribution in [-0.2, 0) is 4.74 Å².